The molecular weight excluding hydrogens is 222 g/mol. The van der Waals surface area contributed by atoms with Crippen molar-refractivity contribution in [2.24, 2.45) is 5.92 Å². The Bertz CT molecular complexity index is 400. The van der Waals surface area contributed by atoms with Crippen LogP contribution in [0.2, 0.25) is 0 Å². The normalized spacial score (nSPS) is 33.6. The summed E-state index contributed by atoms with van der Waals surface area (Å²) >= 11 is 0. The quantitative estimate of drug-likeness (QED) is 0.868. The maximum Gasteiger partial charge on any atom is 0.0740 e. The molecule has 3 atom stereocenters. The van der Waals surface area contributed by atoms with Crippen LogP contribution < -0.4 is 0 Å². The van der Waals surface area contributed by atoms with E-state index in [2.05, 4.69) is 57.0 Å². The zero-order valence-electron chi connectivity index (χ0n) is 12.0. The Labute approximate surface area is 111 Å². The predicted octanol–water partition coefficient (Wildman–Crippen LogP) is 2.63. The Morgan fingerprint density at radius 3 is 2.50 bits per heavy atom. The number of benzene rings is 1. The Morgan fingerprint density at radius 1 is 1.28 bits per heavy atom. The highest BCUT2D eigenvalue weighted by molar-refractivity contribution is 5.23. The lowest BCUT2D eigenvalue weighted by Crippen LogP contribution is -2.54. The first-order valence-electron chi connectivity index (χ1n) is 6.89. The van der Waals surface area contributed by atoms with Crippen molar-refractivity contribution < 1.29 is 5.11 Å². The summed E-state index contributed by atoms with van der Waals surface area (Å²) in [7, 11) is 2.15. The van der Waals surface area contributed by atoms with Gasteiger partial charge in [-0.15, -0.1) is 0 Å². The maximum atomic E-state index is 10.9. The van der Waals surface area contributed by atoms with Crippen molar-refractivity contribution in [1.29, 1.82) is 0 Å². The van der Waals surface area contributed by atoms with E-state index in [0.717, 1.165) is 19.4 Å². The van der Waals surface area contributed by atoms with E-state index in [9.17, 15) is 5.11 Å². The van der Waals surface area contributed by atoms with Gasteiger partial charge in [-0.3, -0.25) is 0 Å². The number of rotatable bonds is 2. The van der Waals surface area contributed by atoms with E-state index in [4.69, 9.17) is 0 Å². The second-order valence-corrected chi connectivity index (χ2v) is 6.16. The molecule has 1 aromatic carbocycles. The molecule has 2 rings (SSSR count). The number of hydrogen-bond donors (Lipinski definition) is 1. The zero-order chi connectivity index (χ0) is 13.3. The summed E-state index contributed by atoms with van der Waals surface area (Å²) in [6.07, 6.45) is 1.63. The molecule has 100 valence electrons. The van der Waals surface area contributed by atoms with E-state index in [1.807, 2.05) is 0 Å². The molecule has 1 aliphatic heterocycles. The highest BCUT2D eigenvalue weighted by Gasteiger charge is 2.40. The highest BCUT2D eigenvalue weighted by atomic mass is 16.3. The van der Waals surface area contributed by atoms with E-state index in [-0.39, 0.29) is 0 Å². The first kappa shape index (κ1) is 13.6. The summed E-state index contributed by atoms with van der Waals surface area (Å²) in [5, 5.41) is 10.9. The molecule has 0 aromatic heterocycles. The number of likely N-dealkylation sites (tertiary alicyclic amines) is 1. The molecule has 0 radical (unpaired) electrons. The van der Waals surface area contributed by atoms with Crippen molar-refractivity contribution in [3.8, 4) is 0 Å². The SMILES string of the molecule is Cc1ccc(C[C@@]2(O)C[C@H](C)N(C)C[C@H]2C)cc1. The third-order valence-electron chi connectivity index (χ3n) is 4.51. The first-order valence-corrected chi connectivity index (χ1v) is 6.89. The molecule has 1 fully saturated rings. The molecule has 1 aliphatic rings. The largest absolute Gasteiger partial charge is 0.389 e. The van der Waals surface area contributed by atoms with Crippen LogP contribution in [0.1, 0.15) is 31.4 Å². The van der Waals surface area contributed by atoms with Gasteiger partial charge in [0.05, 0.1) is 5.60 Å². The van der Waals surface area contributed by atoms with Crippen LogP contribution in [0.4, 0.5) is 0 Å². The third kappa shape index (κ3) is 2.76. The fraction of sp³-hybridized carbons (Fsp3) is 0.625. The van der Waals surface area contributed by atoms with Crippen LogP contribution in [0.25, 0.3) is 0 Å². The minimum Gasteiger partial charge on any atom is -0.389 e. The summed E-state index contributed by atoms with van der Waals surface area (Å²) in [4.78, 5) is 2.34. The van der Waals surface area contributed by atoms with Gasteiger partial charge >= 0.3 is 0 Å². The van der Waals surface area contributed by atoms with Crippen LogP contribution >= 0.6 is 0 Å². The lowest BCUT2D eigenvalue weighted by Gasteiger charge is -2.46. The van der Waals surface area contributed by atoms with Gasteiger partial charge in [-0.2, -0.15) is 0 Å². The van der Waals surface area contributed by atoms with Crippen LogP contribution in [-0.4, -0.2) is 35.2 Å². The van der Waals surface area contributed by atoms with Crippen LogP contribution in [0.3, 0.4) is 0 Å². The van der Waals surface area contributed by atoms with Crippen molar-refractivity contribution in [3.05, 3.63) is 35.4 Å². The average molecular weight is 247 g/mol. The van der Waals surface area contributed by atoms with Gasteiger partial charge in [-0.1, -0.05) is 36.8 Å². The number of nitrogens with zero attached hydrogens (tertiary/aromatic N) is 1. The standard InChI is InChI=1S/C16H25NO/c1-12-5-7-15(8-6-12)10-16(18)9-14(3)17(4)11-13(16)2/h5-8,13-14,18H,9-11H2,1-4H3/t13-,14+,16+/m1/s1. The maximum absolute atomic E-state index is 10.9. The molecule has 18 heavy (non-hydrogen) atoms. The molecule has 1 saturated heterocycles. The summed E-state index contributed by atoms with van der Waals surface area (Å²) in [6.45, 7) is 7.44. The molecule has 1 aromatic rings. The lowest BCUT2D eigenvalue weighted by molar-refractivity contribution is -0.0778. The van der Waals surface area contributed by atoms with Crippen molar-refractivity contribution in [3.63, 3.8) is 0 Å². The van der Waals surface area contributed by atoms with Crippen LogP contribution in [-0.2, 0) is 6.42 Å². The molecule has 2 nitrogen and oxygen atoms in total. The van der Waals surface area contributed by atoms with Crippen molar-refractivity contribution >= 4 is 0 Å². The van der Waals surface area contributed by atoms with Crippen LogP contribution in [0.5, 0.6) is 0 Å². The van der Waals surface area contributed by atoms with Crippen molar-refractivity contribution in [2.45, 2.75) is 45.3 Å². The number of aliphatic hydroxyl groups is 1. The Hall–Kier alpha value is -0.860. The summed E-state index contributed by atoms with van der Waals surface area (Å²) in [6, 6.07) is 8.99. The molecule has 1 N–H and O–H groups in total. The monoisotopic (exact) mass is 247 g/mol. The fourth-order valence-corrected chi connectivity index (χ4v) is 2.96. The molecule has 0 aliphatic carbocycles. The summed E-state index contributed by atoms with van der Waals surface area (Å²) in [5.74, 6) is 0.319. The molecule has 2 heteroatoms. The molecule has 0 spiro atoms. The summed E-state index contributed by atoms with van der Waals surface area (Å²) in [5.41, 5.74) is 1.96. The minimum atomic E-state index is -0.554. The van der Waals surface area contributed by atoms with Gasteiger partial charge < -0.3 is 10.0 Å². The highest BCUT2D eigenvalue weighted by Crippen LogP contribution is 2.33. The third-order valence-corrected chi connectivity index (χ3v) is 4.51. The first-order chi connectivity index (χ1) is 8.40. The number of aryl methyl sites for hydroxylation is 1. The van der Waals surface area contributed by atoms with Crippen molar-refractivity contribution in [2.75, 3.05) is 13.6 Å². The smallest absolute Gasteiger partial charge is 0.0740 e. The second kappa shape index (κ2) is 5.02. The Kier molecular flexibility index (Phi) is 3.79. The van der Waals surface area contributed by atoms with E-state index in [1.54, 1.807) is 0 Å². The van der Waals surface area contributed by atoms with E-state index in [0.29, 0.717) is 12.0 Å². The molecule has 0 amide bonds. The topological polar surface area (TPSA) is 23.5 Å². The molecule has 0 unspecified atom stereocenters. The Balaban J connectivity index is 2.13. The Morgan fingerprint density at radius 2 is 1.89 bits per heavy atom. The van der Waals surface area contributed by atoms with Gasteiger partial charge in [0.1, 0.15) is 0 Å². The van der Waals surface area contributed by atoms with Gasteiger partial charge in [0, 0.05) is 19.0 Å². The molecule has 0 saturated carbocycles. The molecule has 1 heterocycles. The zero-order valence-corrected chi connectivity index (χ0v) is 12.0. The fourth-order valence-electron chi connectivity index (χ4n) is 2.96. The lowest BCUT2D eigenvalue weighted by atomic mass is 9.75. The molecular formula is C16H25NO. The van der Waals surface area contributed by atoms with Gasteiger partial charge in [0.2, 0.25) is 0 Å². The average Bonchev–Trinajstić information content (AvgIpc) is 2.30. The van der Waals surface area contributed by atoms with Gasteiger partial charge in [-0.05, 0) is 38.8 Å². The number of piperidine rings is 1. The van der Waals surface area contributed by atoms with Gasteiger partial charge in [0.25, 0.3) is 0 Å². The second-order valence-electron chi connectivity index (χ2n) is 6.16. The summed E-state index contributed by atoms with van der Waals surface area (Å²) < 4.78 is 0. The van der Waals surface area contributed by atoms with Gasteiger partial charge in [0.15, 0.2) is 0 Å². The van der Waals surface area contributed by atoms with E-state index in [1.165, 1.54) is 11.1 Å². The van der Waals surface area contributed by atoms with E-state index >= 15 is 0 Å². The van der Waals surface area contributed by atoms with Crippen molar-refractivity contribution in [1.82, 2.24) is 4.90 Å². The van der Waals surface area contributed by atoms with Crippen LogP contribution in [0.15, 0.2) is 24.3 Å². The predicted molar refractivity (Wildman–Crippen MR) is 75.7 cm³/mol. The number of hydrogen-bond acceptors (Lipinski definition) is 2. The minimum absolute atomic E-state index is 0.319. The van der Waals surface area contributed by atoms with E-state index < -0.39 is 5.60 Å². The van der Waals surface area contributed by atoms with Gasteiger partial charge in [-0.25, -0.2) is 0 Å². The molecule has 0 bridgehead atoms. The van der Waals surface area contributed by atoms with Crippen LogP contribution in [0, 0.1) is 12.8 Å².